The van der Waals surface area contributed by atoms with Gasteiger partial charge in [-0.1, -0.05) is 6.92 Å². The molecule has 0 saturated carbocycles. The summed E-state index contributed by atoms with van der Waals surface area (Å²) in [5.41, 5.74) is 2.25. The van der Waals surface area contributed by atoms with Gasteiger partial charge in [0.05, 0.1) is 6.07 Å². The van der Waals surface area contributed by atoms with E-state index in [4.69, 9.17) is 11.1 Å². The van der Waals surface area contributed by atoms with Crippen molar-refractivity contribution in [1.82, 2.24) is 9.29 Å². The summed E-state index contributed by atoms with van der Waals surface area (Å²) in [7, 11) is -3.69. The molecule has 1 heterocycles. The molecule has 18 heavy (non-hydrogen) atoms. The van der Waals surface area contributed by atoms with E-state index < -0.39 is 10.0 Å². The van der Waals surface area contributed by atoms with E-state index in [1.54, 1.807) is 6.92 Å². The van der Waals surface area contributed by atoms with Crippen LogP contribution >= 0.6 is 0 Å². The summed E-state index contributed by atoms with van der Waals surface area (Å²) >= 11 is 0. The molecule has 0 radical (unpaired) electrons. The van der Waals surface area contributed by atoms with Crippen LogP contribution in [0, 0.1) is 11.3 Å². The van der Waals surface area contributed by atoms with Crippen LogP contribution in [0.1, 0.15) is 13.3 Å². The summed E-state index contributed by atoms with van der Waals surface area (Å²) in [4.78, 5) is 3.86. The minimum Gasteiger partial charge on any atom is -0.307 e. The topological polar surface area (TPSA) is 112 Å². The number of anilines is 1. The molecular weight excluding hydrogens is 254 g/mol. The van der Waals surface area contributed by atoms with Gasteiger partial charge in [0, 0.05) is 25.7 Å². The van der Waals surface area contributed by atoms with Crippen LogP contribution in [0.5, 0.6) is 0 Å². The highest BCUT2D eigenvalue weighted by Gasteiger charge is 2.25. The second-order valence-corrected chi connectivity index (χ2v) is 5.31. The highest BCUT2D eigenvalue weighted by Crippen LogP contribution is 2.21. The van der Waals surface area contributed by atoms with Crippen LogP contribution in [0.25, 0.3) is 0 Å². The van der Waals surface area contributed by atoms with E-state index >= 15 is 0 Å². The standard InChI is InChI=1S/C10H15N5O2S/c1-2-15(8-4-6-11)18(16,17)9-5-3-7-13-10(9)14-12/h3,5,7H,2,4,8,12H2,1H3,(H,13,14). The van der Waals surface area contributed by atoms with Crippen molar-refractivity contribution in [1.29, 1.82) is 5.26 Å². The third-order valence-electron chi connectivity index (χ3n) is 2.35. The van der Waals surface area contributed by atoms with Crippen LogP contribution in [-0.4, -0.2) is 30.8 Å². The average Bonchev–Trinajstić information content (AvgIpc) is 2.39. The fourth-order valence-corrected chi connectivity index (χ4v) is 3.03. The molecule has 0 spiro atoms. The molecule has 0 aromatic carbocycles. The van der Waals surface area contributed by atoms with Crippen molar-refractivity contribution in [3.8, 4) is 6.07 Å². The van der Waals surface area contributed by atoms with Crippen LogP contribution in [0.15, 0.2) is 23.2 Å². The summed E-state index contributed by atoms with van der Waals surface area (Å²) in [6, 6.07) is 4.87. The van der Waals surface area contributed by atoms with Crippen LogP contribution in [0.3, 0.4) is 0 Å². The number of nitrogen functional groups attached to an aromatic ring is 1. The fourth-order valence-electron chi connectivity index (χ4n) is 1.47. The van der Waals surface area contributed by atoms with Crippen LogP contribution in [-0.2, 0) is 10.0 Å². The molecular formula is C10H15N5O2S. The highest BCUT2D eigenvalue weighted by atomic mass is 32.2. The van der Waals surface area contributed by atoms with Gasteiger partial charge in [-0.05, 0) is 12.1 Å². The van der Waals surface area contributed by atoms with E-state index in [0.717, 1.165) is 0 Å². The van der Waals surface area contributed by atoms with Crippen molar-refractivity contribution in [2.24, 2.45) is 5.84 Å². The summed E-state index contributed by atoms with van der Waals surface area (Å²) < 4.78 is 25.9. The molecule has 0 bridgehead atoms. The zero-order chi connectivity index (χ0) is 13.6. The molecule has 0 atom stereocenters. The van der Waals surface area contributed by atoms with Crippen LogP contribution < -0.4 is 11.3 Å². The number of hydrogen-bond acceptors (Lipinski definition) is 6. The normalized spacial score (nSPS) is 11.2. The quantitative estimate of drug-likeness (QED) is 0.567. The Labute approximate surface area is 106 Å². The Morgan fingerprint density at radius 2 is 2.33 bits per heavy atom. The number of nitrogens with one attached hydrogen (secondary N) is 1. The number of nitrogens with zero attached hydrogens (tertiary/aromatic N) is 3. The van der Waals surface area contributed by atoms with Gasteiger partial charge < -0.3 is 5.43 Å². The van der Waals surface area contributed by atoms with E-state index in [0.29, 0.717) is 0 Å². The lowest BCUT2D eigenvalue weighted by atomic mass is 10.5. The minimum absolute atomic E-state index is 0.00675. The molecule has 0 amide bonds. The fraction of sp³-hybridized carbons (Fsp3) is 0.400. The van der Waals surface area contributed by atoms with Gasteiger partial charge in [-0.2, -0.15) is 9.57 Å². The smallest absolute Gasteiger partial charge is 0.246 e. The number of hydrogen-bond donors (Lipinski definition) is 2. The van der Waals surface area contributed by atoms with Gasteiger partial charge in [-0.3, -0.25) is 0 Å². The maximum Gasteiger partial charge on any atom is 0.246 e. The molecule has 98 valence electrons. The Balaban J connectivity index is 3.15. The molecule has 8 heteroatoms. The van der Waals surface area contributed by atoms with E-state index in [2.05, 4.69) is 10.4 Å². The van der Waals surface area contributed by atoms with Gasteiger partial charge in [0.15, 0.2) is 5.82 Å². The number of nitrogens with two attached hydrogens (primary N) is 1. The molecule has 0 aliphatic carbocycles. The molecule has 1 rings (SSSR count). The summed E-state index contributed by atoms with van der Waals surface area (Å²) in [6.07, 6.45) is 1.58. The van der Waals surface area contributed by atoms with Gasteiger partial charge in [0.25, 0.3) is 0 Å². The second kappa shape index (κ2) is 6.30. The monoisotopic (exact) mass is 269 g/mol. The minimum atomic E-state index is -3.69. The van der Waals surface area contributed by atoms with Crippen molar-refractivity contribution < 1.29 is 8.42 Å². The van der Waals surface area contributed by atoms with Gasteiger partial charge >= 0.3 is 0 Å². The molecule has 0 saturated heterocycles. The number of sulfonamides is 1. The predicted octanol–water partition coefficient (Wildman–Crippen LogP) is 0.291. The zero-order valence-electron chi connectivity index (χ0n) is 10.00. The Morgan fingerprint density at radius 1 is 1.61 bits per heavy atom. The first-order chi connectivity index (χ1) is 8.57. The first-order valence-corrected chi connectivity index (χ1v) is 6.80. The number of nitriles is 1. The first kappa shape index (κ1) is 14.4. The lowest BCUT2D eigenvalue weighted by molar-refractivity contribution is 0.435. The van der Waals surface area contributed by atoms with E-state index in [-0.39, 0.29) is 30.2 Å². The molecule has 0 aliphatic heterocycles. The lowest BCUT2D eigenvalue weighted by Crippen LogP contribution is -2.32. The van der Waals surface area contributed by atoms with Crippen molar-refractivity contribution in [3.63, 3.8) is 0 Å². The Bertz CT molecular complexity index is 537. The molecule has 0 fully saturated rings. The lowest BCUT2D eigenvalue weighted by Gasteiger charge is -2.20. The molecule has 0 aliphatic rings. The molecule has 3 N–H and O–H groups in total. The van der Waals surface area contributed by atoms with E-state index in [1.807, 2.05) is 6.07 Å². The molecule has 7 nitrogen and oxygen atoms in total. The van der Waals surface area contributed by atoms with Gasteiger partial charge in [0.2, 0.25) is 10.0 Å². The summed E-state index contributed by atoms with van der Waals surface area (Å²) in [6.45, 7) is 2.14. The molecule has 1 aromatic heterocycles. The maximum atomic E-state index is 12.3. The number of pyridine rings is 1. The van der Waals surface area contributed by atoms with Gasteiger partial charge in [-0.15, -0.1) is 0 Å². The molecule has 1 aromatic rings. The predicted molar refractivity (Wildman–Crippen MR) is 66.7 cm³/mol. The van der Waals surface area contributed by atoms with Gasteiger partial charge in [-0.25, -0.2) is 19.2 Å². The molecule has 0 unspecified atom stereocenters. The Kier molecular flexibility index (Phi) is 5.03. The third-order valence-corrected chi connectivity index (χ3v) is 4.36. The Hall–Kier alpha value is -1.69. The van der Waals surface area contributed by atoms with E-state index in [1.165, 1.54) is 22.6 Å². The van der Waals surface area contributed by atoms with Crippen molar-refractivity contribution >= 4 is 15.8 Å². The van der Waals surface area contributed by atoms with Crippen LogP contribution in [0.2, 0.25) is 0 Å². The highest BCUT2D eigenvalue weighted by molar-refractivity contribution is 7.89. The summed E-state index contributed by atoms with van der Waals surface area (Å²) in [5, 5.41) is 8.53. The summed E-state index contributed by atoms with van der Waals surface area (Å²) in [5.74, 6) is 5.33. The number of aromatic nitrogens is 1. The maximum absolute atomic E-state index is 12.3. The van der Waals surface area contributed by atoms with Crippen molar-refractivity contribution in [3.05, 3.63) is 18.3 Å². The van der Waals surface area contributed by atoms with E-state index in [9.17, 15) is 8.42 Å². The van der Waals surface area contributed by atoms with Gasteiger partial charge in [0.1, 0.15) is 4.90 Å². The second-order valence-electron chi connectivity index (χ2n) is 3.40. The third kappa shape index (κ3) is 2.95. The zero-order valence-corrected chi connectivity index (χ0v) is 10.8. The number of hydrazine groups is 1. The Morgan fingerprint density at radius 3 is 2.89 bits per heavy atom. The van der Waals surface area contributed by atoms with Crippen molar-refractivity contribution in [2.75, 3.05) is 18.5 Å². The largest absolute Gasteiger partial charge is 0.307 e. The SMILES string of the molecule is CCN(CCC#N)S(=O)(=O)c1cccnc1NN. The van der Waals surface area contributed by atoms with Crippen molar-refractivity contribution in [2.45, 2.75) is 18.2 Å². The average molecular weight is 269 g/mol. The number of rotatable bonds is 6. The first-order valence-electron chi connectivity index (χ1n) is 5.36. The van der Waals surface area contributed by atoms with Crippen LogP contribution in [0.4, 0.5) is 5.82 Å².